The third kappa shape index (κ3) is 8.38. The van der Waals surface area contributed by atoms with Gasteiger partial charge in [-0.3, -0.25) is 9.69 Å². The fourth-order valence-electron chi connectivity index (χ4n) is 1.24. The Balaban J connectivity index is 4.09. The van der Waals surface area contributed by atoms with Crippen LogP contribution in [-0.4, -0.2) is 50.2 Å². The van der Waals surface area contributed by atoms with Crippen molar-refractivity contribution in [2.24, 2.45) is 0 Å². The molecule has 0 amide bonds. The summed E-state index contributed by atoms with van der Waals surface area (Å²) in [5.74, 6) is -0.338. The number of Topliss-reactive ketones (excluding diaryl/α,β-unsaturated/α-hetero) is 1. The summed E-state index contributed by atoms with van der Waals surface area (Å²) in [6.07, 6.45) is -3.68. The van der Waals surface area contributed by atoms with E-state index >= 15 is 0 Å². The van der Waals surface area contributed by atoms with Crippen molar-refractivity contribution in [3.05, 3.63) is 0 Å². The molecule has 0 heterocycles. The highest BCUT2D eigenvalue weighted by Gasteiger charge is 2.30. The van der Waals surface area contributed by atoms with Crippen molar-refractivity contribution >= 4 is 5.78 Å². The van der Waals surface area contributed by atoms with E-state index in [9.17, 15) is 18.0 Å². The maximum atomic E-state index is 12.1. The molecule has 0 saturated heterocycles. The molecule has 0 aromatic rings. The van der Waals surface area contributed by atoms with E-state index in [0.717, 1.165) is 4.90 Å². The summed E-state index contributed by atoms with van der Waals surface area (Å²) >= 11 is 0. The summed E-state index contributed by atoms with van der Waals surface area (Å²) in [5.41, 5.74) is 0. The minimum absolute atomic E-state index is 0.141. The highest BCUT2D eigenvalue weighted by Crippen LogP contribution is 2.16. The number of hydrogen-bond donors (Lipinski definition) is 0. The first-order valence-corrected chi connectivity index (χ1v) is 4.68. The molecule has 0 aliphatic rings. The van der Waals surface area contributed by atoms with Crippen LogP contribution in [0.25, 0.3) is 0 Å². The molecule has 0 aliphatic heterocycles. The lowest BCUT2D eigenvalue weighted by Gasteiger charge is -2.21. The van der Waals surface area contributed by atoms with Crippen LogP contribution in [0.2, 0.25) is 0 Å². The van der Waals surface area contributed by atoms with E-state index in [1.165, 1.54) is 7.11 Å². The van der Waals surface area contributed by atoms with Gasteiger partial charge in [-0.1, -0.05) is 6.92 Å². The maximum absolute atomic E-state index is 12.1. The number of ether oxygens (including phenoxy) is 1. The average molecular weight is 227 g/mol. The minimum Gasteiger partial charge on any atom is -0.377 e. The van der Waals surface area contributed by atoms with Crippen molar-refractivity contribution in [2.75, 3.05) is 33.4 Å². The molecule has 90 valence electrons. The van der Waals surface area contributed by atoms with E-state index < -0.39 is 12.7 Å². The van der Waals surface area contributed by atoms with E-state index in [0.29, 0.717) is 6.42 Å². The highest BCUT2D eigenvalue weighted by molar-refractivity contribution is 5.81. The number of nitrogens with zero attached hydrogens (tertiary/aromatic N) is 1. The number of hydrogen-bond acceptors (Lipinski definition) is 3. The van der Waals surface area contributed by atoms with Crippen LogP contribution >= 0.6 is 0 Å². The summed E-state index contributed by atoms with van der Waals surface area (Å²) < 4.78 is 40.8. The number of carbonyl (C=O) groups excluding carboxylic acids is 1. The average Bonchev–Trinajstić information content (AvgIpc) is 2.01. The first kappa shape index (κ1) is 14.4. The normalized spacial score (nSPS) is 12.1. The van der Waals surface area contributed by atoms with E-state index in [2.05, 4.69) is 4.74 Å². The Morgan fingerprint density at radius 1 is 1.40 bits per heavy atom. The lowest BCUT2D eigenvalue weighted by Crippen LogP contribution is -2.39. The van der Waals surface area contributed by atoms with Crippen LogP contribution in [0, 0.1) is 0 Å². The zero-order chi connectivity index (χ0) is 11.9. The second kappa shape index (κ2) is 6.79. The van der Waals surface area contributed by atoms with Gasteiger partial charge in [-0.25, -0.2) is 0 Å². The third-order valence-corrected chi connectivity index (χ3v) is 1.65. The molecule has 0 rings (SSSR count). The molecular formula is C9H16F3NO2. The number of ketones is 1. The van der Waals surface area contributed by atoms with Gasteiger partial charge in [0.25, 0.3) is 0 Å². The Labute approximate surface area is 87.2 Å². The Morgan fingerprint density at radius 3 is 2.40 bits per heavy atom. The SMILES string of the molecule is CCCN(CC(=O)COC)CC(F)(F)F. The zero-order valence-corrected chi connectivity index (χ0v) is 8.93. The van der Waals surface area contributed by atoms with E-state index in [1.54, 1.807) is 6.92 Å². The Kier molecular flexibility index (Phi) is 6.51. The molecule has 0 unspecified atom stereocenters. The molecule has 0 spiro atoms. The monoisotopic (exact) mass is 227 g/mol. The fourth-order valence-corrected chi connectivity index (χ4v) is 1.24. The van der Waals surface area contributed by atoms with Gasteiger partial charge in [0.15, 0.2) is 5.78 Å². The smallest absolute Gasteiger partial charge is 0.377 e. The van der Waals surface area contributed by atoms with Gasteiger partial charge in [-0.15, -0.1) is 0 Å². The predicted molar refractivity (Wildman–Crippen MR) is 49.7 cm³/mol. The minimum atomic E-state index is -4.26. The lowest BCUT2D eigenvalue weighted by atomic mass is 10.3. The number of carbonyl (C=O) groups is 1. The van der Waals surface area contributed by atoms with Crippen LogP contribution in [0.4, 0.5) is 13.2 Å². The standard InChI is InChI=1S/C9H16F3NO2/c1-3-4-13(7-9(10,11)12)5-8(14)6-15-2/h3-7H2,1-2H3. The number of halogens is 3. The molecular weight excluding hydrogens is 211 g/mol. The molecule has 0 radical (unpaired) electrons. The maximum Gasteiger partial charge on any atom is 0.401 e. The van der Waals surface area contributed by atoms with Gasteiger partial charge < -0.3 is 4.74 Å². The number of rotatable bonds is 7. The van der Waals surface area contributed by atoms with Crippen molar-refractivity contribution in [3.8, 4) is 0 Å². The van der Waals surface area contributed by atoms with E-state index in [4.69, 9.17) is 0 Å². The van der Waals surface area contributed by atoms with Crippen LogP contribution < -0.4 is 0 Å². The molecule has 0 aromatic carbocycles. The van der Waals surface area contributed by atoms with Gasteiger partial charge in [-0.2, -0.15) is 13.2 Å². The summed E-state index contributed by atoms with van der Waals surface area (Å²) in [4.78, 5) is 12.2. The second-order valence-electron chi connectivity index (χ2n) is 3.30. The quantitative estimate of drug-likeness (QED) is 0.659. The van der Waals surface area contributed by atoms with Gasteiger partial charge in [-0.05, 0) is 13.0 Å². The van der Waals surface area contributed by atoms with Crippen molar-refractivity contribution in [1.29, 1.82) is 0 Å². The zero-order valence-electron chi connectivity index (χ0n) is 8.93. The van der Waals surface area contributed by atoms with Gasteiger partial charge >= 0.3 is 6.18 Å². The molecule has 15 heavy (non-hydrogen) atoms. The first-order valence-electron chi connectivity index (χ1n) is 4.68. The highest BCUT2D eigenvalue weighted by atomic mass is 19.4. The first-order chi connectivity index (χ1) is 6.89. The Hall–Kier alpha value is -0.620. The van der Waals surface area contributed by atoms with Crippen LogP contribution in [0.3, 0.4) is 0 Å². The fraction of sp³-hybridized carbons (Fsp3) is 0.889. The van der Waals surface area contributed by atoms with Crippen molar-refractivity contribution < 1.29 is 22.7 Å². The molecule has 0 aliphatic carbocycles. The molecule has 0 fully saturated rings. The van der Waals surface area contributed by atoms with Crippen molar-refractivity contribution in [2.45, 2.75) is 19.5 Å². The number of alkyl halides is 3. The van der Waals surface area contributed by atoms with Crippen LogP contribution in [0.1, 0.15) is 13.3 Å². The Morgan fingerprint density at radius 2 is 2.00 bits per heavy atom. The molecule has 0 atom stereocenters. The molecule has 0 bridgehead atoms. The van der Waals surface area contributed by atoms with Crippen molar-refractivity contribution in [3.63, 3.8) is 0 Å². The summed E-state index contributed by atoms with van der Waals surface area (Å²) in [6.45, 7) is 0.634. The molecule has 0 saturated carbocycles. The lowest BCUT2D eigenvalue weighted by molar-refractivity contribution is -0.149. The molecule has 0 N–H and O–H groups in total. The van der Waals surface area contributed by atoms with Crippen molar-refractivity contribution in [1.82, 2.24) is 4.90 Å². The summed E-state index contributed by atoms with van der Waals surface area (Å²) in [6, 6.07) is 0. The topological polar surface area (TPSA) is 29.5 Å². The molecule has 0 aromatic heterocycles. The third-order valence-electron chi connectivity index (χ3n) is 1.65. The van der Waals surface area contributed by atoms with Crippen LogP contribution in [0.5, 0.6) is 0 Å². The predicted octanol–water partition coefficient (Wildman–Crippen LogP) is 1.48. The Bertz CT molecular complexity index is 194. The van der Waals surface area contributed by atoms with E-state index in [-0.39, 0.29) is 25.5 Å². The van der Waals surface area contributed by atoms with E-state index in [1.807, 2.05) is 0 Å². The molecule has 6 heteroatoms. The second-order valence-corrected chi connectivity index (χ2v) is 3.30. The number of methoxy groups -OCH3 is 1. The molecule has 3 nitrogen and oxygen atoms in total. The van der Waals surface area contributed by atoms with Crippen LogP contribution in [-0.2, 0) is 9.53 Å². The largest absolute Gasteiger partial charge is 0.401 e. The van der Waals surface area contributed by atoms with Gasteiger partial charge in [0.05, 0.1) is 13.1 Å². The summed E-state index contributed by atoms with van der Waals surface area (Å²) in [5, 5.41) is 0. The summed E-state index contributed by atoms with van der Waals surface area (Å²) in [7, 11) is 1.34. The van der Waals surface area contributed by atoms with Crippen LogP contribution in [0.15, 0.2) is 0 Å². The van der Waals surface area contributed by atoms with Gasteiger partial charge in [0.2, 0.25) is 0 Å². The van der Waals surface area contributed by atoms with Gasteiger partial charge in [0, 0.05) is 7.11 Å². The van der Waals surface area contributed by atoms with Gasteiger partial charge in [0.1, 0.15) is 6.61 Å².